The van der Waals surface area contributed by atoms with Crippen LogP contribution in [0.1, 0.15) is 12.1 Å². The van der Waals surface area contributed by atoms with Crippen LogP contribution in [0.25, 0.3) is 0 Å². The first-order chi connectivity index (χ1) is 10.6. The number of rotatable bonds is 3. The van der Waals surface area contributed by atoms with Crippen molar-refractivity contribution in [1.82, 2.24) is 14.8 Å². The third-order valence-corrected chi connectivity index (χ3v) is 5.84. The SMILES string of the molecule is Cc1csc(N2CCCN(C(=O)CN3CSCC3=O)CC2)n1. The summed E-state index contributed by atoms with van der Waals surface area (Å²) in [6, 6.07) is 0. The number of aryl methyl sites for hydroxylation is 1. The van der Waals surface area contributed by atoms with Gasteiger partial charge in [0.1, 0.15) is 6.54 Å². The van der Waals surface area contributed by atoms with Gasteiger partial charge in [0, 0.05) is 31.6 Å². The minimum Gasteiger partial charge on any atom is -0.346 e. The van der Waals surface area contributed by atoms with Crippen LogP contribution >= 0.6 is 23.1 Å². The number of anilines is 1. The number of hydrogen-bond acceptors (Lipinski definition) is 6. The largest absolute Gasteiger partial charge is 0.346 e. The summed E-state index contributed by atoms with van der Waals surface area (Å²) >= 11 is 3.23. The van der Waals surface area contributed by atoms with Gasteiger partial charge in [0.2, 0.25) is 11.8 Å². The van der Waals surface area contributed by atoms with Crippen molar-refractivity contribution in [2.24, 2.45) is 0 Å². The molecule has 120 valence electrons. The van der Waals surface area contributed by atoms with Crippen LogP contribution < -0.4 is 4.90 Å². The van der Waals surface area contributed by atoms with Crippen molar-refractivity contribution in [2.75, 3.05) is 49.3 Å². The molecule has 0 N–H and O–H groups in total. The fourth-order valence-corrected chi connectivity index (χ4v) is 4.41. The maximum atomic E-state index is 12.4. The van der Waals surface area contributed by atoms with Crippen molar-refractivity contribution in [3.63, 3.8) is 0 Å². The van der Waals surface area contributed by atoms with Crippen LogP contribution in [0.3, 0.4) is 0 Å². The van der Waals surface area contributed by atoms with E-state index in [1.54, 1.807) is 28.0 Å². The molecular weight excluding hydrogens is 320 g/mol. The van der Waals surface area contributed by atoms with Gasteiger partial charge in [0.05, 0.1) is 17.3 Å². The first-order valence-corrected chi connectivity index (χ1v) is 9.47. The summed E-state index contributed by atoms with van der Waals surface area (Å²) in [5, 5.41) is 3.10. The Morgan fingerprint density at radius 1 is 1.32 bits per heavy atom. The second-order valence-electron chi connectivity index (χ2n) is 5.56. The van der Waals surface area contributed by atoms with Crippen LogP contribution in [-0.2, 0) is 9.59 Å². The lowest BCUT2D eigenvalue weighted by molar-refractivity contribution is -0.137. The Hall–Kier alpha value is -1.28. The average Bonchev–Trinajstić information content (AvgIpc) is 3.00. The van der Waals surface area contributed by atoms with Gasteiger partial charge in [-0.3, -0.25) is 9.59 Å². The quantitative estimate of drug-likeness (QED) is 0.822. The molecular formula is C14H20N4O2S2. The minimum absolute atomic E-state index is 0.0630. The van der Waals surface area contributed by atoms with E-state index in [-0.39, 0.29) is 18.4 Å². The summed E-state index contributed by atoms with van der Waals surface area (Å²) in [4.78, 5) is 34.3. The smallest absolute Gasteiger partial charge is 0.242 e. The highest BCUT2D eigenvalue weighted by Crippen LogP contribution is 2.21. The summed E-state index contributed by atoms with van der Waals surface area (Å²) in [5.74, 6) is 1.29. The van der Waals surface area contributed by atoms with E-state index in [1.807, 2.05) is 11.8 Å². The van der Waals surface area contributed by atoms with Gasteiger partial charge in [-0.1, -0.05) is 0 Å². The van der Waals surface area contributed by atoms with Crippen molar-refractivity contribution in [3.8, 4) is 0 Å². The summed E-state index contributed by atoms with van der Waals surface area (Å²) in [5.41, 5.74) is 1.04. The van der Waals surface area contributed by atoms with Gasteiger partial charge in [-0.15, -0.1) is 23.1 Å². The molecule has 0 aromatic carbocycles. The van der Waals surface area contributed by atoms with Gasteiger partial charge < -0.3 is 14.7 Å². The molecule has 0 atom stereocenters. The fourth-order valence-electron chi connectivity index (χ4n) is 2.65. The highest BCUT2D eigenvalue weighted by molar-refractivity contribution is 8.00. The van der Waals surface area contributed by atoms with Crippen molar-refractivity contribution >= 4 is 40.0 Å². The normalized spacial score (nSPS) is 19.7. The summed E-state index contributed by atoms with van der Waals surface area (Å²) < 4.78 is 0. The number of thioether (sulfide) groups is 1. The van der Waals surface area contributed by atoms with Crippen LogP contribution in [0.5, 0.6) is 0 Å². The maximum Gasteiger partial charge on any atom is 0.242 e. The standard InChI is InChI=1S/C14H20N4O2S2/c1-11-8-22-14(15-11)17-4-2-3-16(5-6-17)12(19)7-18-10-21-9-13(18)20/h8H,2-7,9-10H2,1H3. The predicted octanol–water partition coefficient (Wildman–Crippen LogP) is 1.02. The van der Waals surface area contributed by atoms with Crippen LogP contribution in [0.2, 0.25) is 0 Å². The topological polar surface area (TPSA) is 56.8 Å². The van der Waals surface area contributed by atoms with Gasteiger partial charge in [-0.2, -0.15) is 0 Å². The van der Waals surface area contributed by atoms with Gasteiger partial charge in [0.15, 0.2) is 5.13 Å². The average molecular weight is 340 g/mol. The molecule has 0 saturated carbocycles. The molecule has 2 aliphatic heterocycles. The van der Waals surface area contributed by atoms with Crippen molar-refractivity contribution in [1.29, 1.82) is 0 Å². The highest BCUT2D eigenvalue weighted by Gasteiger charge is 2.26. The first-order valence-electron chi connectivity index (χ1n) is 7.44. The molecule has 2 saturated heterocycles. The monoisotopic (exact) mass is 340 g/mol. The number of carbonyl (C=O) groups is 2. The molecule has 2 amide bonds. The van der Waals surface area contributed by atoms with E-state index in [1.165, 1.54) is 0 Å². The zero-order valence-electron chi connectivity index (χ0n) is 12.7. The molecule has 2 aliphatic rings. The number of amides is 2. The fraction of sp³-hybridized carbons (Fsp3) is 0.643. The second-order valence-corrected chi connectivity index (χ2v) is 7.35. The van der Waals surface area contributed by atoms with Crippen LogP contribution in [0.15, 0.2) is 5.38 Å². The zero-order chi connectivity index (χ0) is 15.5. The first kappa shape index (κ1) is 15.6. The molecule has 0 aliphatic carbocycles. The van der Waals surface area contributed by atoms with Gasteiger partial charge in [-0.05, 0) is 13.3 Å². The van der Waals surface area contributed by atoms with E-state index in [9.17, 15) is 9.59 Å². The second kappa shape index (κ2) is 6.87. The lowest BCUT2D eigenvalue weighted by Crippen LogP contribution is -2.42. The van der Waals surface area contributed by atoms with E-state index < -0.39 is 0 Å². The molecule has 1 aromatic rings. The molecule has 2 fully saturated rings. The predicted molar refractivity (Wildman–Crippen MR) is 89.3 cm³/mol. The van der Waals surface area contributed by atoms with Crippen LogP contribution in [0.4, 0.5) is 5.13 Å². The Balaban J connectivity index is 1.55. The Bertz CT molecular complexity index is 563. The lowest BCUT2D eigenvalue weighted by Gasteiger charge is -2.24. The van der Waals surface area contributed by atoms with Crippen molar-refractivity contribution < 1.29 is 9.59 Å². The van der Waals surface area contributed by atoms with Gasteiger partial charge >= 0.3 is 0 Å². The number of carbonyl (C=O) groups excluding carboxylic acids is 2. The third kappa shape index (κ3) is 3.55. The van der Waals surface area contributed by atoms with Gasteiger partial charge in [0.25, 0.3) is 0 Å². The molecule has 22 heavy (non-hydrogen) atoms. The molecule has 1 aromatic heterocycles. The maximum absolute atomic E-state index is 12.4. The summed E-state index contributed by atoms with van der Waals surface area (Å²) in [7, 11) is 0. The van der Waals surface area contributed by atoms with Crippen molar-refractivity contribution in [2.45, 2.75) is 13.3 Å². The lowest BCUT2D eigenvalue weighted by atomic mass is 10.3. The Morgan fingerprint density at radius 3 is 2.86 bits per heavy atom. The van der Waals surface area contributed by atoms with Crippen LogP contribution in [-0.4, -0.2) is 71.0 Å². The third-order valence-electron chi connectivity index (χ3n) is 3.88. The summed E-state index contributed by atoms with van der Waals surface area (Å²) in [6.07, 6.45) is 0.938. The number of nitrogens with zero attached hydrogens (tertiary/aromatic N) is 4. The van der Waals surface area contributed by atoms with Gasteiger partial charge in [-0.25, -0.2) is 4.98 Å². The van der Waals surface area contributed by atoms with E-state index in [0.29, 0.717) is 18.2 Å². The molecule has 8 heteroatoms. The molecule has 0 bridgehead atoms. The minimum atomic E-state index is 0.0630. The molecule has 6 nitrogen and oxygen atoms in total. The molecule has 0 radical (unpaired) electrons. The zero-order valence-corrected chi connectivity index (χ0v) is 14.3. The number of thiazole rings is 1. The van der Waals surface area contributed by atoms with Crippen LogP contribution in [0, 0.1) is 6.92 Å². The van der Waals surface area contributed by atoms with E-state index in [4.69, 9.17) is 0 Å². The van der Waals surface area contributed by atoms with E-state index >= 15 is 0 Å². The molecule has 0 spiro atoms. The number of aromatic nitrogens is 1. The highest BCUT2D eigenvalue weighted by atomic mass is 32.2. The van der Waals surface area contributed by atoms with E-state index in [2.05, 4.69) is 15.3 Å². The molecule has 3 heterocycles. The van der Waals surface area contributed by atoms with E-state index in [0.717, 1.165) is 36.9 Å². The number of hydrogen-bond donors (Lipinski definition) is 0. The molecule has 3 rings (SSSR count). The van der Waals surface area contributed by atoms with Crippen molar-refractivity contribution in [3.05, 3.63) is 11.1 Å². The Kier molecular flexibility index (Phi) is 4.87. The summed E-state index contributed by atoms with van der Waals surface area (Å²) in [6.45, 7) is 5.42. The molecule has 0 unspecified atom stereocenters. The Labute approximate surface area is 138 Å². The Morgan fingerprint density at radius 2 is 2.18 bits per heavy atom.